The highest BCUT2D eigenvalue weighted by Gasteiger charge is 2.15. The summed E-state index contributed by atoms with van der Waals surface area (Å²) in [5, 5.41) is 7.35. The van der Waals surface area contributed by atoms with Crippen LogP contribution in [0.2, 0.25) is 0 Å². The average molecular weight is 342 g/mol. The van der Waals surface area contributed by atoms with E-state index in [0.29, 0.717) is 17.0 Å². The van der Waals surface area contributed by atoms with Gasteiger partial charge >= 0.3 is 0 Å². The fraction of sp³-hybridized carbons (Fsp3) is 0.0714. The van der Waals surface area contributed by atoms with Gasteiger partial charge in [0.05, 0.1) is 12.0 Å². The molecule has 0 bridgehead atoms. The minimum atomic E-state index is -3.73. The predicted molar refractivity (Wildman–Crippen MR) is 88.5 cm³/mol. The van der Waals surface area contributed by atoms with Crippen molar-refractivity contribution in [2.75, 3.05) is 11.8 Å². The summed E-state index contributed by atoms with van der Waals surface area (Å²) < 4.78 is 32.0. The number of nitrogens with two attached hydrogens (primary N) is 1. The topological polar surface area (TPSA) is 105 Å². The first-order valence-electron chi connectivity index (χ1n) is 6.04. The first-order valence-corrected chi connectivity index (χ1v) is 7.52. The summed E-state index contributed by atoms with van der Waals surface area (Å²) in [4.78, 5) is 0.0472. The van der Waals surface area contributed by atoms with E-state index < -0.39 is 10.0 Å². The lowest BCUT2D eigenvalue weighted by molar-refractivity contribution is 0.415. The van der Waals surface area contributed by atoms with E-state index in [4.69, 9.17) is 15.9 Å². The van der Waals surface area contributed by atoms with Crippen molar-refractivity contribution >= 4 is 34.0 Å². The van der Waals surface area contributed by atoms with Gasteiger partial charge < -0.3 is 10.5 Å². The van der Waals surface area contributed by atoms with Crippen LogP contribution in [0.25, 0.3) is 0 Å². The van der Waals surface area contributed by atoms with Gasteiger partial charge in [-0.2, -0.15) is 0 Å². The molecule has 0 fully saturated rings. The minimum Gasteiger partial charge on any atom is -0.497 e. The number of benzene rings is 2. The van der Waals surface area contributed by atoms with Crippen LogP contribution in [0.15, 0.2) is 53.4 Å². The molecular formula is C14H16ClN3O3S. The number of amidine groups is 1. The number of methoxy groups -OCH3 is 1. The van der Waals surface area contributed by atoms with Crippen molar-refractivity contribution in [2.45, 2.75) is 4.90 Å². The van der Waals surface area contributed by atoms with Crippen molar-refractivity contribution in [2.24, 2.45) is 5.73 Å². The predicted octanol–water partition coefficient (Wildman–Crippen LogP) is 2.20. The fourth-order valence-electron chi connectivity index (χ4n) is 1.70. The lowest BCUT2D eigenvalue weighted by atomic mass is 10.2. The molecule has 22 heavy (non-hydrogen) atoms. The molecule has 0 saturated heterocycles. The number of hydrogen-bond acceptors (Lipinski definition) is 4. The van der Waals surface area contributed by atoms with Gasteiger partial charge in [-0.15, -0.1) is 12.4 Å². The standard InChI is InChI=1S/C14H15N3O3S.ClH/c1-20-12-7-5-11(6-8-12)17-21(18,19)13-4-2-3-10(9-13)14(15)16;/h2-9,17H,1H3,(H3,15,16);1H. The Hall–Kier alpha value is -2.25. The molecule has 0 heterocycles. The Morgan fingerprint density at radius 1 is 1.18 bits per heavy atom. The number of sulfonamides is 1. The SMILES string of the molecule is COc1ccc(NS(=O)(=O)c2cccc(C(=N)N)c2)cc1.Cl. The lowest BCUT2D eigenvalue weighted by Gasteiger charge is -2.09. The van der Waals surface area contributed by atoms with Gasteiger partial charge in [-0.1, -0.05) is 12.1 Å². The second kappa shape index (κ2) is 7.15. The Labute approximate surface area is 135 Å². The first-order chi connectivity index (χ1) is 9.92. The summed E-state index contributed by atoms with van der Waals surface area (Å²) in [7, 11) is -2.20. The molecule has 4 N–H and O–H groups in total. The first kappa shape index (κ1) is 17.8. The molecule has 0 saturated carbocycles. The Kier molecular flexibility index (Phi) is 5.78. The molecule has 0 spiro atoms. The van der Waals surface area contributed by atoms with Crippen molar-refractivity contribution < 1.29 is 13.2 Å². The van der Waals surface area contributed by atoms with Crippen molar-refractivity contribution in [1.29, 1.82) is 5.41 Å². The van der Waals surface area contributed by atoms with Gasteiger partial charge in [0.15, 0.2) is 0 Å². The molecule has 6 nitrogen and oxygen atoms in total. The number of anilines is 1. The number of hydrogen-bond donors (Lipinski definition) is 3. The number of nitrogens with one attached hydrogen (secondary N) is 2. The van der Waals surface area contributed by atoms with E-state index in [1.165, 1.54) is 19.2 Å². The monoisotopic (exact) mass is 341 g/mol. The van der Waals surface area contributed by atoms with Crippen LogP contribution in [0.4, 0.5) is 5.69 Å². The fourth-order valence-corrected chi connectivity index (χ4v) is 2.81. The Bertz CT molecular complexity index is 761. The van der Waals surface area contributed by atoms with Gasteiger partial charge in [-0.3, -0.25) is 10.1 Å². The summed E-state index contributed by atoms with van der Waals surface area (Å²) in [5.41, 5.74) is 6.14. The zero-order chi connectivity index (χ0) is 15.5. The van der Waals surface area contributed by atoms with Crippen LogP contribution in [0, 0.1) is 5.41 Å². The Morgan fingerprint density at radius 2 is 1.82 bits per heavy atom. The highest BCUT2D eigenvalue weighted by Crippen LogP contribution is 2.19. The van der Waals surface area contributed by atoms with Crippen LogP contribution in [0.1, 0.15) is 5.56 Å². The van der Waals surface area contributed by atoms with Crippen molar-refractivity contribution in [3.05, 3.63) is 54.1 Å². The summed E-state index contributed by atoms with van der Waals surface area (Å²) in [6.07, 6.45) is 0. The van der Waals surface area contributed by atoms with E-state index in [-0.39, 0.29) is 23.1 Å². The molecule has 0 unspecified atom stereocenters. The molecule has 2 aromatic rings. The molecule has 2 aromatic carbocycles. The molecular weight excluding hydrogens is 326 g/mol. The number of rotatable bonds is 5. The van der Waals surface area contributed by atoms with Gasteiger partial charge in [-0.05, 0) is 36.4 Å². The maximum atomic E-state index is 12.3. The van der Waals surface area contributed by atoms with Crippen molar-refractivity contribution in [3.63, 3.8) is 0 Å². The number of nitrogen functional groups attached to an aromatic ring is 1. The van der Waals surface area contributed by atoms with Crippen LogP contribution in [-0.4, -0.2) is 21.4 Å². The average Bonchev–Trinajstić information content (AvgIpc) is 2.48. The van der Waals surface area contributed by atoms with Crippen molar-refractivity contribution in [1.82, 2.24) is 0 Å². The van der Waals surface area contributed by atoms with E-state index in [0.717, 1.165) is 0 Å². The maximum Gasteiger partial charge on any atom is 0.261 e. The third kappa shape index (κ3) is 4.12. The van der Waals surface area contributed by atoms with Crippen LogP contribution < -0.4 is 15.2 Å². The molecule has 2 rings (SSSR count). The summed E-state index contributed by atoms with van der Waals surface area (Å²) in [6.45, 7) is 0. The van der Waals surface area contributed by atoms with Gasteiger partial charge in [-0.25, -0.2) is 8.42 Å². The molecule has 0 atom stereocenters. The second-order valence-corrected chi connectivity index (χ2v) is 5.96. The largest absolute Gasteiger partial charge is 0.497 e. The van der Waals surface area contributed by atoms with Crippen molar-refractivity contribution in [3.8, 4) is 5.75 Å². The molecule has 0 aromatic heterocycles. The smallest absolute Gasteiger partial charge is 0.261 e. The molecule has 118 valence electrons. The third-order valence-corrected chi connectivity index (χ3v) is 4.18. The number of halogens is 1. The van der Waals surface area contributed by atoms with Gasteiger partial charge in [0.25, 0.3) is 10.0 Å². The molecule has 0 aliphatic heterocycles. The highest BCUT2D eigenvalue weighted by atomic mass is 35.5. The molecule has 0 amide bonds. The van der Waals surface area contributed by atoms with Crippen LogP contribution in [-0.2, 0) is 10.0 Å². The van der Waals surface area contributed by atoms with E-state index in [1.807, 2.05) is 0 Å². The summed E-state index contributed by atoms with van der Waals surface area (Å²) >= 11 is 0. The van der Waals surface area contributed by atoms with Gasteiger partial charge in [0.2, 0.25) is 0 Å². The molecule has 0 radical (unpaired) electrons. The zero-order valence-corrected chi connectivity index (χ0v) is 13.4. The highest BCUT2D eigenvalue weighted by molar-refractivity contribution is 7.92. The minimum absolute atomic E-state index is 0. The van der Waals surface area contributed by atoms with Gasteiger partial charge in [0, 0.05) is 11.3 Å². The summed E-state index contributed by atoms with van der Waals surface area (Å²) in [6, 6.07) is 12.4. The molecule has 0 aliphatic rings. The maximum absolute atomic E-state index is 12.3. The van der Waals surface area contributed by atoms with Crippen LogP contribution >= 0.6 is 12.4 Å². The Balaban J connectivity index is 0.00000242. The van der Waals surface area contributed by atoms with E-state index in [1.54, 1.807) is 36.4 Å². The summed E-state index contributed by atoms with van der Waals surface area (Å²) in [5.74, 6) is 0.452. The third-order valence-electron chi connectivity index (χ3n) is 2.80. The van der Waals surface area contributed by atoms with E-state index in [9.17, 15) is 8.42 Å². The number of ether oxygens (including phenoxy) is 1. The second-order valence-electron chi connectivity index (χ2n) is 4.28. The normalized spacial score (nSPS) is 10.4. The van der Waals surface area contributed by atoms with Gasteiger partial charge in [0.1, 0.15) is 11.6 Å². The molecule has 0 aliphatic carbocycles. The quantitative estimate of drug-likeness (QED) is 0.572. The van der Waals surface area contributed by atoms with E-state index in [2.05, 4.69) is 4.72 Å². The Morgan fingerprint density at radius 3 is 2.36 bits per heavy atom. The van der Waals surface area contributed by atoms with Crippen LogP contribution in [0.3, 0.4) is 0 Å². The zero-order valence-electron chi connectivity index (χ0n) is 11.7. The van der Waals surface area contributed by atoms with E-state index >= 15 is 0 Å². The lowest BCUT2D eigenvalue weighted by Crippen LogP contribution is -2.15. The van der Waals surface area contributed by atoms with Crippen LogP contribution in [0.5, 0.6) is 5.75 Å². The molecule has 8 heteroatoms.